The third kappa shape index (κ3) is 5.09. The highest BCUT2D eigenvalue weighted by Crippen LogP contribution is 2.38. The molecule has 0 spiro atoms. The second-order valence-electron chi connectivity index (χ2n) is 5.29. The zero-order valence-electron chi connectivity index (χ0n) is 14.1. The monoisotopic (exact) mass is 385 g/mol. The van der Waals surface area contributed by atoms with Crippen LogP contribution in [0, 0.1) is 10.1 Å². The van der Waals surface area contributed by atoms with E-state index < -0.39 is 34.4 Å². The molecule has 144 valence electrons. The van der Waals surface area contributed by atoms with E-state index >= 15 is 0 Å². The van der Waals surface area contributed by atoms with Crippen molar-refractivity contribution >= 4 is 11.7 Å². The van der Waals surface area contributed by atoms with Gasteiger partial charge >= 0.3 is 17.8 Å². The van der Waals surface area contributed by atoms with E-state index in [0.717, 1.165) is 6.07 Å². The molecular formula is C17H14F3NO6. The van der Waals surface area contributed by atoms with Crippen molar-refractivity contribution in [1.82, 2.24) is 0 Å². The molecule has 10 heteroatoms. The Bertz CT molecular complexity index is 836. The smallest absolute Gasteiger partial charge is 0.416 e. The van der Waals surface area contributed by atoms with Gasteiger partial charge in [-0.05, 0) is 43.3 Å². The first-order chi connectivity index (χ1) is 12.6. The van der Waals surface area contributed by atoms with E-state index in [4.69, 9.17) is 9.47 Å². The van der Waals surface area contributed by atoms with E-state index in [9.17, 15) is 28.1 Å². The molecule has 0 amide bonds. The van der Waals surface area contributed by atoms with Gasteiger partial charge in [-0.1, -0.05) is 0 Å². The normalized spacial score (nSPS) is 12.2. The Kier molecular flexibility index (Phi) is 5.88. The lowest BCUT2D eigenvalue weighted by atomic mass is 10.2. The molecule has 2 aromatic carbocycles. The van der Waals surface area contributed by atoms with Gasteiger partial charge in [-0.25, -0.2) is 4.79 Å². The van der Waals surface area contributed by atoms with E-state index in [1.54, 1.807) is 0 Å². The van der Waals surface area contributed by atoms with Gasteiger partial charge in [0.15, 0.2) is 6.10 Å². The summed E-state index contributed by atoms with van der Waals surface area (Å²) in [7, 11) is 1.22. The van der Waals surface area contributed by atoms with Crippen LogP contribution in [0.4, 0.5) is 18.9 Å². The van der Waals surface area contributed by atoms with Crippen LogP contribution >= 0.6 is 0 Å². The molecule has 0 saturated carbocycles. The summed E-state index contributed by atoms with van der Waals surface area (Å²) in [5, 5.41) is 11.1. The van der Waals surface area contributed by atoms with Gasteiger partial charge in [-0.2, -0.15) is 13.2 Å². The Morgan fingerprint density at radius 3 is 2.22 bits per heavy atom. The number of methoxy groups -OCH3 is 1. The van der Waals surface area contributed by atoms with Crippen LogP contribution in [0.25, 0.3) is 0 Å². The first kappa shape index (κ1) is 20.0. The number of hydrogen-bond donors (Lipinski definition) is 0. The molecule has 27 heavy (non-hydrogen) atoms. The van der Waals surface area contributed by atoms with Crippen LogP contribution in [0.3, 0.4) is 0 Å². The number of halogens is 3. The molecule has 0 fully saturated rings. The Labute approximate surface area is 151 Å². The van der Waals surface area contributed by atoms with Crippen molar-refractivity contribution in [1.29, 1.82) is 0 Å². The van der Waals surface area contributed by atoms with Gasteiger partial charge in [0, 0.05) is 6.07 Å². The number of nitro groups is 1. The minimum atomic E-state index is -4.71. The molecule has 1 unspecified atom stereocenters. The number of carbonyl (C=O) groups excluding carboxylic acids is 1. The zero-order chi connectivity index (χ0) is 20.2. The largest absolute Gasteiger partial charge is 0.479 e. The molecule has 7 nitrogen and oxygen atoms in total. The Morgan fingerprint density at radius 1 is 1.11 bits per heavy atom. The van der Waals surface area contributed by atoms with E-state index in [1.165, 1.54) is 38.3 Å². The molecule has 0 heterocycles. The van der Waals surface area contributed by atoms with E-state index in [-0.39, 0.29) is 11.5 Å². The van der Waals surface area contributed by atoms with E-state index in [0.29, 0.717) is 17.9 Å². The average Bonchev–Trinajstić information content (AvgIpc) is 2.61. The fourth-order valence-corrected chi connectivity index (χ4v) is 2.05. The van der Waals surface area contributed by atoms with Gasteiger partial charge in [0.2, 0.25) is 5.75 Å². The summed E-state index contributed by atoms with van der Waals surface area (Å²) in [6, 6.07) is 7.63. The first-order valence-electron chi connectivity index (χ1n) is 7.50. The van der Waals surface area contributed by atoms with Crippen molar-refractivity contribution in [3.8, 4) is 17.2 Å². The molecule has 2 aromatic rings. The lowest BCUT2D eigenvalue weighted by molar-refractivity contribution is -0.385. The fraction of sp³-hybridized carbons (Fsp3) is 0.235. The third-order valence-corrected chi connectivity index (χ3v) is 3.38. The number of benzene rings is 2. The minimum Gasteiger partial charge on any atom is -0.479 e. The number of nitrogens with zero attached hydrogens (tertiary/aromatic N) is 1. The maximum atomic E-state index is 12.7. The van der Waals surface area contributed by atoms with Crippen LogP contribution in [0.1, 0.15) is 12.5 Å². The Balaban J connectivity index is 2.19. The minimum absolute atomic E-state index is 0.135. The summed E-state index contributed by atoms with van der Waals surface area (Å²) >= 11 is 0. The van der Waals surface area contributed by atoms with Crippen molar-refractivity contribution in [2.24, 2.45) is 0 Å². The number of hydrogen-bond acceptors (Lipinski definition) is 6. The van der Waals surface area contributed by atoms with Crippen molar-refractivity contribution in [2.75, 3.05) is 7.11 Å². The van der Waals surface area contributed by atoms with Crippen molar-refractivity contribution in [3.05, 3.63) is 58.1 Å². The number of alkyl halides is 3. The summed E-state index contributed by atoms with van der Waals surface area (Å²) < 4.78 is 53.3. The highest BCUT2D eigenvalue weighted by atomic mass is 19.4. The molecule has 0 radical (unpaired) electrons. The van der Waals surface area contributed by atoms with Gasteiger partial charge in [0.1, 0.15) is 11.5 Å². The molecular weight excluding hydrogens is 371 g/mol. The van der Waals surface area contributed by atoms with Crippen LogP contribution in [0.15, 0.2) is 42.5 Å². The second kappa shape index (κ2) is 7.94. The summed E-state index contributed by atoms with van der Waals surface area (Å²) in [6.07, 6.45) is -5.56. The number of carbonyl (C=O) groups is 1. The topological polar surface area (TPSA) is 87.9 Å². The molecule has 0 saturated heterocycles. The zero-order valence-corrected chi connectivity index (χ0v) is 14.1. The van der Waals surface area contributed by atoms with E-state index in [2.05, 4.69) is 4.74 Å². The van der Waals surface area contributed by atoms with Gasteiger partial charge < -0.3 is 14.2 Å². The van der Waals surface area contributed by atoms with Gasteiger partial charge in [-0.15, -0.1) is 0 Å². The average molecular weight is 385 g/mol. The van der Waals surface area contributed by atoms with Crippen molar-refractivity contribution in [3.63, 3.8) is 0 Å². The number of ether oxygens (including phenoxy) is 3. The quantitative estimate of drug-likeness (QED) is 0.417. The van der Waals surface area contributed by atoms with Gasteiger partial charge in [0.25, 0.3) is 0 Å². The standard InChI is InChI=1S/C17H14F3NO6/c1-10(16(22)25-2)26-12-4-6-13(7-5-12)27-15-8-3-11(17(18,19)20)9-14(15)21(23)24/h3-10H,1-2H3. The lowest BCUT2D eigenvalue weighted by Gasteiger charge is -2.13. The predicted molar refractivity (Wildman–Crippen MR) is 86.7 cm³/mol. The van der Waals surface area contributed by atoms with E-state index in [1.807, 2.05) is 0 Å². The highest BCUT2D eigenvalue weighted by Gasteiger charge is 2.33. The third-order valence-electron chi connectivity index (χ3n) is 3.38. The van der Waals surface area contributed by atoms with Crippen LogP contribution in [0.5, 0.6) is 17.2 Å². The summed E-state index contributed by atoms with van der Waals surface area (Å²) in [4.78, 5) is 21.4. The molecule has 0 N–H and O–H groups in total. The predicted octanol–water partition coefficient (Wildman–Crippen LogP) is 4.35. The van der Waals surface area contributed by atoms with Crippen LogP contribution in [-0.2, 0) is 15.7 Å². The van der Waals surface area contributed by atoms with Crippen LogP contribution in [-0.4, -0.2) is 24.1 Å². The molecule has 1 atom stereocenters. The molecule has 0 aliphatic rings. The number of esters is 1. The van der Waals surface area contributed by atoms with Gasteiger partial charge in [-0.3, -0.25) is 10.1 Å². The summed E-state index contributed by atoms with van der Waals surface area (Å²) in [6.45, 7) is 1.49. The SMILES string of the molecule is COC(=O)C(C)Oc1ccc(Oc2ccc(C(F)(F)F)cc2[N+](=O)[O-])cc1. The first-order valence-corrected chi connectivity index (χ1v) is 7.50. The number of nitro benzene ring substituents is 1. The summed E-state index contributed by atoms with van der Waals surface area (Å²) in [5.41, 5.74) is -1.97. The Hall–Kier alpha value is -3.30. The van der Waals surface area contributed by atoms with Crippen molar-refractivity contribution in [2.45, 2.75) is 19.2 Å². The molecule has 0 aromatic heterocycles. The molecule has 2 rings (SSSR count). The maximum Gasteiger partial charge on any atom is 0.416 e. The number of rotatable bonds is 6. The van der Waals surface area contributed by atoms with Crippen molar-refractivity contribution < 1.29 is 37.1 Å². The van der Waals surface area contributed by atoms with Gasteiger partial charge in [0.05, 0.1) is 17.6 Å². The summed E-state index contributed by atoms with van der Waals surface area (Å²) in [5.74, 6) is -0.474. The van der Waals surface area contributed by atoms with Crippen LogP contribution in [0.2, 0.25) is 0 Å². The van der Waals surface area contributed by atoms with Crippen LogP contribution < -0.4 is 9.47 Å². The Morgan fingerprint density at radius 2 is 1.70 bits per heavy atom. The molecule has 0 bridgehead atoms. The molecule has 0 aliphatic heterocycles. The highest BCUT2D eigenvalue weighted by molar-refractivity contribution is 5.74. The maximum absolute atomic E-state index is 12.7. The molecule has 0 aliphatic carbocycles. The second-order valence-corrected chi connectivity index (χ2v) is 5.29. The lowest BCUT2D eigenvalue weighted by Crippen LogP contribution is -2.24. The fourth-order valence-electron chi connectivity index (χ4n) is 2.05.